The average Bonchev–Trinajstić information content (AvgIpc) is 2.44. The zero-order valence-electron chi connectivity index (χ0n) is 12.6. The molecule has 1 fully saturated rings. The monoisotopic (exact) mass is 312 g/mol. The third kappa shape index (κ3) is 2.49. The molecule has 0 bridgehead atoms. The zero-order chi connectivity index (χ0) is 15.8. The van der Waals surface area contributed by atoms with Crippen molar-refractivity contribution in [2.45, 2.75) is 24.4 Å². The van der Waals surface area contributed by atoms with Crippen molar-refractivity contribution >= 4 is 21.6 Å². The standard InChI is InChI=1S/C13H20N4O3S/c1-13(2)12(18)16(4)8-9-17(13)21(19,20)11-10(14-3)6-5-7-15-11/h5-7,14H,8-9H2,1-4H3. The van der Waals surface area contributed by atoms with Crippen molar-refractivity contribution in [1.82, 2.24) is 14.2 Å². The number of amides is 1. The second kappa shape index (κ2) is 5.27. The van der Waals surface area contributed by atoms with E-state index in [9.17, 15) is 13.2 Å². The van der Waals surface area contributed by atoms with Crippen molar-refractivity contribution in [1.29, 1.82) is 0 Å². The van der Waals surface area contributed by atoms with Crippen molar-refractivity contribution in [2.24, 2.45) is 0 Å². The fourth-order valence-electron chi connectivity index (χ4n) is 2.51. The number of pyridine rings is 1. The molecule has 1 aliphatic rings. The normalized spacial score (nSPS) is 19.6. The number of carbonyl (C=O) groups excluding carboxylic acids is 1. The molecule has 21 heavy (non-hydrogen) atoms. The molecule has 1 N–H and O–H groups in total. The van der Waals surface area contributed by atoms with E-state index >= 15 is 0 Å². The molecule has 1 saturated heterocycles. The van der Waals surface area contributed by atoms with Gasteiger partial charge in [0.25, 0.3) is 10.0 Å². The molecule has 0 saturated carbocycles. The highest BCUT2D eigenvalue weighted by molar-refractivity contribution is 7.89. The number of rotatable bonds is 3. The van der Waals surface area contributed by atoms with E-state index in [1.165, 1.54) is 10.5 Å². The number of sulfonamides is 1. The predicted octanol–water partition coefficient (Wildman–Crippen LogP) is 0.365. The molecule has 7 nitrogen and oxygen atoms in total. The number of aromatic nitrogens is 1. The van der Waals surface area contributed by atoms with Crippen LogP contribution in [-0.4, -0.2) is 61.2 Å². The molecule has 2 heterocycles. The summed E-state index contributed by atoms with van der Waals surface area (Å²) in [7, 11) is -0.547. The van der Waals surface area contributed by atoms with Gasteiger partial charge in [-0.3, -0.25) is 4.79 Å². The SMILES string of the molecule is CNc1cccnc1S(=O)(=O)N1CCN(C)C(=O)C1(C)C. The molecule has 1 aliphatic heterocycles. The van der Waals surface area contributed by atoms with Crippen LogP contribution in [0.15, 0.2) is 23.4 Å². The zero-order valence-corrected chi connectivity index (χ0v) is 13.4. The highest BCUT2D eigenvalue weighted by atomic mass is 32.2. The Kier molecular flexibility index (Phi) is 3.94. The topological polar surface area (TPSA) is 82.6 Å². The van der Waals surface area contributed by atoms with E-state index in [4.69, 9.17) is 0 Å². The van der Waals surface area contributed by atoms with Gasteiger partial charge in [0, 0.05) is 33.4 Å². The summed E-state index contributed by atoms with van der Waals surface area (Å²) in [6.45, 7) is 3.84. The Morgan fingerprint density at radius 2 is 2.00 bits per heavy atom. The maximum absolute atomic E-state index is 12.9. The van der Waals surface area contributed by atoms with Crippen LogP contribution in [0.2, 0.25) is 0 Å². The number of hydrogen-bond donors (Lipinski definition) is 1. The molecule has 8 heteroatoms. The molecule has 0 spiro atoms. The van der Waals surface area contributed by atoms with Gasteiger partial charge in [-0.25, -0.2) is 13.4 Å². The number of likely N-dealkylation sites (N-methyl/N-ethyl adjacent to an activating group) is 1. The third-order valence-electron chi connectivity index (χ3n) is 3.71. The molecule has 0 aromatic carbocycles. The molecule has 1 aromatic rings. The minimum absolute atomic E-state index is 0.0575. The predicted molar refractivity (Wildman–Crippen MR) is 79.4 cm³/mol. The quantitative estimate of drug-likeness (QED) is 0.871. The van der Waals surface area contributed by atoms with E-state index in [0.29, 0.717) is 12.2 Å². The Morgan fingerprint density at radius 3 is 2.62 bits per heavy atom. The summed E-state index contributed by atoms with van der Waals surface area (Å²) in [6.07, 6.45) is 1.43. The average molecular weight is 312 g/mol. The van der Waals surface area contributed by atoms with E-state index in [1.807, 2.05) is 0 Å². The lowest BCUT2D eigenvalue weighted by Crippen LogP contribution is -2.63. The summed E-state index contributed by atoms with van der Waals surface area (Å²) < 4.78 is 27.0. The van der Waals surface area contributed by atoms with E-state index < -0.39 is 15.6 Å². The number of hydrogen-bond acceptors (Lipinski definition) is 5. The second-order valence-electron chi connectivity index (χ2n) is 5.47. The summed E-state index contributed by atoms with van der Waals surface area (Å²) in [4.78, 5) is 17.8. The maximum atomic E-state index is 12.9. The van der Waals surface area contributed by atoms with Crippen LogP contribution in [-0.2, 0) is 14.8 Å². The number of piperazine rings is 1. The first kappa shape index (κ1) is 15.7. The van der Waals surface area contributed by atoms with Crippen molar-refractivity contribution < 1.29 is 13.2 Å². The van der Waals surface area contributed by atoms with Crippen molar-refractivity contribution in [3.05, 3.63) is 18.3 Å². The molecular weight excluding hydrogens is 292 g/mol. The highest BCUT2D eigenvalue weighted by Gasteiger charge is 2.47. The Balaban J connectivity index is 2.51. The Morgan fingerprint density at radius 1 is 1.33 bits per heavy atom. The van der Waals surface area contributed by atoms with Crippen LogP contribution in [0.4, 0.5) is 5.69 Å². The smallest absolute Gasteiger partial charge is 0.263 e. The van der Waals surface area contributed by atoms with E-state index in [0.717, 1.165) is 0 Å². The lowest BCUT2D eigenvalue weighted by atomic mass is 10.0. The third-order valence-corrected chi connectivity index (χ3v) is 5.74. The van der Waals surface area contributed by atoms with Gasteiger partial charge < -0.3 is 10.2 Å². The number of nitrogens with zero attached hydrogens (tertiary/aromatic N) is 3. The molecule has 0 atom stereocenters. The van der Waals surface area contributed by atoms with Crippen LogP contribution in [0.5, 0.6) is 0 Å². The van der Waals surface area contributed by atoms with E-state index in [2.05, 4.69) is 10.3 Å². The van der Waals surface area contributed by atoms with Gasteiger partial charge in [-0.15, -0.1) is 0 Å². The molecule has 0 unspecified atom stereocenters. The van der Waals surface area contributed by atoms with Gasteiger partial charge in [-0.1, -0.05) is 0 Å². The van der Waals surface area contributed by atoms with Crippen LogP contribution in [0, 0.1) is 0 Å². The fourth-order valence-corrected chi connectivity index (χ4v) is 4.36. The first-order chi connectivity index (χ1) is 9.72. The first-order valence-corrected chi connectivity index (χ1v) is 8.08. The highest BCUT2D eigenvalue weighted by Crippen LogP contribution is 2.30. The first-order valence-electron chi connectivity index (χ1n) is 6.64. The molecule has 1 amide bonds. The van der Waals surface area contributed by atoms with Crippen molar-refractivity contribution in [3.8, 4) is 0 Å². The van der Waals surface area contributed by atoms with Gasteiger partial charge in [-0.2, -0.15) is 4.31 Å². The number of nitrogens with one attached hydrogen (secondary N) is 1. The summed E-state index contributed by atoms with van der Waals surface area (Å²) >= 11 is 0. The van der Waals surface area contributed by atoms with Crippen LogP contribution in [0.25, 0.3) is 0 Å². The molecule has 2 rings (SSSR count). The molecular formula is C13H20N4O3S. The van der Waals surface area contributed by atoms with Gasteiger partial charge >= 0.3 is 0 Å². The minimum atomic E-state index is -3.86. The summed E-state index contributed by atoms with van der Waals surface area (Å²) in [5, 5.41) is 2.77. The Hall–Kier alpha value is -1.67. The van der Waals surface area contributed by atoms with E-state index in [1.54, 1.807) is 45.0 Å². The van der Waals surface area contributed by atoms with Crippen molar-refractivity contribution in [3.63, 3.8) is 0 Å². The van der Waals surface area contributed by atoms with Gasteiger partial charge in [0.1, 0.15) is 5.54 Å². The largest absolute Gasteiger partial charge is 0.386 e. The van der Waals surface area contributed by atoms with Crippen molar-refractivity contribution in [2.75, 3.05) is 32.5 Å². The fraction of sp³-hybridized carbons (Fsp3) is 0.538. The lowest BCUT2D eigenvalue weighted by molar-refractivity contribution is -0.142. The lowest BCUT2D eigenvalue weighted by Gasteiger charge is -2.43. The Labute approximate surface area is 125 Å². The second-order valence-corrected chi connectivity index (χ2v) is 7.25. The van der Waals surface area contributed by atoms with Gasteiger partial charge in [0.2, 0.25) is 5.91 Å². The molecule has 0 aliphatic carbocycles. The van der Waals surface area contributed by atoms with Crippen LogP contribution < -0.4 is 5.32 Å². The van der Waals surface area contributed by atoms with E-state index in [-0.39, 0.29) is 17.5 Å². The number of carbonyl (C=O) groups is 1. The maximum Gasteiger partial charge on any atom is 0.263 e. The molecule has 0 radical (unpaired) electrons. The summed E-state index contributed by atoms with van der Waals surface area (Å²) in [5.41, 5.74) is -0.714. The summed E-state index contributed by atoms with van der Waals surface area (Å²) in [6, 6.07) is 3.30. The minimum Gasteiger partial charge on any atom is -0.386 e. The number of anilines is 1. The Bertz CT molecular complexity index is 657. The van der Waals surface area contributed by atoms with Crippen LogP contribution in [0.1, 0.15) is 13.8 Å². The van der Waals surface area contributed by atoms with Gasteiger partial charge in [0.05, 0.1) is 5.69 Å². The van der Waals surface area contributed by atoms with Gasteiger partial charge in [-0.05, 0) is 26.0 Å². The molecule has 1 aromatic heterocycles. The molecule has 116 valence electrons. The van der Waals surface area contributed by atoms with Gasteiger partial charge in [0.15, 0.2) is 5.03 Å². The summed E-state index contributed by atoms with van der Waals surface area (Å²) in [5.74, 6) is -0.223. The van der Waals surface area contributed by atoms with Crippen LogP contribution in [0.3, 0.4) is 0 Å². The van der Waals surface area contributed by atoms with Crippen LogP contribution >= 0.6 is 0 Å².